The highest BCUT2D eigenvalue weighted by Gasteiger charge is 2.03. The molecule has 2 rings (SSSR count). The van der Waals surface area contributed by atoms with Crippen molar-refractivity contribution in [3.8, 4) is 0 Å². The first-order valence-electron chi connectivity index (χ1n) is 3.55. The van der Waals surface area contributed by atoms with Gasteiger partial charge in [0.25, 0.3) is 0 Å². The Morgan fingerprint density at radius 3 is 2.75 bits per heavy atom. The van der Waals surface area contributed by atoms with E-state index in [2.05, 4.69) is 4.98 Å². The Kier molecular flexibility index (Phi) is 1.88. The van der Waals surface area contributed by atoms with Crippen molar-refractivity contribution >= 4 is 37.3 Å². The molecule has 0 aliphatic carbocycles. The maximum absolute atomic E-state index is 11.0. The van der Waals surface area contributed by atoms with Gasteiger partial charge in [-0.15, -0.1) is 0 Å². The summed E-state index contributed by atoms with van der Waals surface area (Å²) in [7, 11) is 0. The van der Waals surface area contributed by atoms with Crippen molar-refractivity contribution < 1.29 is 4.79 Å². The smallest absolute Gasteiger partial charge is 0.238 e. The highest BCUT2D eigenvalue weighted by molar-refractivity contribution is 14.1. The summed E-state index contributed by atoms with van der Waals surface area (Å²) in [5.74, 6) is 0. The zero-order valence-electron chi connectivity index (χ0n) is 6.17. The predicted octanol–water partition coefficient (Wildman–Crippen LogP) is 2.74. The van der Waals surface area contributed by atoms with Crippen molar-refractivity contribution in [2.24, 2.45) is 0 Å². The molecule has 0 saturated heterocycles. The van der Waals surface area contributed by atoms with Gasteiger partial charge < -0.3 is 4.98 Å². The summed E-state index contributed by atoms with van der Waals surface area (Å²) >= 11 is 1.77. The molecule has 12 heavy (non-hydrogen) atoms. The molecule has 0 bridgehead atoms. The molecule has 0 saturated carbocycles. The lowest BCUT2D eigenvalue weighted by atomic mass is 10.2. The maximum atomic E-state index is 11.0. The molecule has 0 amide bonds. The van der Waals surface area contributed by atoms with E-state index < -0.39 is 0 Å². The molecule has 0 atom stereocenters. The lowest BCUT2D eigenvalue weighted by molar-refractivity contribution is 0.110. The number of hydrogen-bond acceptors (Lipinski definition) is 1. The number of benzene rings is 1. The molecule has 2 aromatic rings. The van der Waals surface area contributed by atoms with Gasteiger partial charge in [-0.2, -0.15) is 0 Å². The molecule has 0 aliphatic rings. The van der Waals surface area contributed by atoms with Crippen molar-refractivity contribution in [1.29, 1.82) is 0 Å². The third kappa shape index (κ3) is 1.24. The molecule has 0 unspecified atom stereocenters. The number of carbonyl (C=O) groups excluding carboxylic acids is 1. The first-order valence-corrected chi connectivity index (χ1v) is 4.63. The van der Waals surface area contributed by atoms with E-state index in [4.69, 9.17) is 0 Å². The lowest BCUT2D eigenvalue weighted by Crippen LogP contribution is -1.84. The van der Waals surface area contributed by atoms with Crippen molar-refractivity contribution in [3.63, 3.8) is 0 Å². The minimum absolute atomic E-state index is 0.0452. The van der Waals surface area contributed by atoms with E-state index in [1.54, 1.807) is 22.6 Å². The molecule has 0 fully saturated rings. The molecule has 1 aromatic carbocycles. The van der Waals surface area contributed by atoms with Crippen LogP contribution in [0.4, 0.5) is 0 Å². The Morgan fingerprint density at radius 2 is 2.08 bits per heavy atom. The normalized spacial score (nSPS) is 10.4. The maximum Gasteiger partial charge on any atom is 0.238 e. The number of hydrogen-bond donors (Lipinski definition) is 1. The first-order chi connectivity index (χ1) is 5.77. The first kappa shape index (κ1) is 7.79. The number of nitrogens with one attached hydrogen (secondary N) is 1. The number of fused-ring (bicyclic) bond motifs is 1. The Morgan fingerprint density at radius 1 is 1.33 bits per heavy atom. The standard InChI is InChI=1S/C9H6INO/c10-9(12)8-5-6-3-1-2-4-7(6)11-8/h1-5,11H. The summed E-state index contributed by atoms with van der Waals surface area (Å²) in [6, 6.07) is 9.70. The van der Waals surface area contributed by atoms with Gasteiger partial charge in [0.15, 0.2) is 0 Å². The van der Waals surface area contributed by atoms with Crippen LogP contribution in [0.5, 0.6) is 0 Å². The van der Waals surface area contributed by atoms with Crippen LogP contribution in [0.15, 0.2) is 30.3 Å². The zero-order valence-corrected chi connectivity index (χ0v) is 8.33. The summed E-state index contributed by atoms with van der Waals surface area (Å²) in [6.07, 6.45) is 0. The van der Waals surface area contributed by atoms with Gasteiger partial charge >= 0.3 is 0 Å². The van der Waals surface area contributed by atoms with Gasteiger partial charge in [0, 0.05) is 33.5 Å². The molecular formula is C9H6INO. The Balaban J connectivity index is 2.70. The minimum atomic E-state index is 0.0452. The number of aromatic nitrogens is 1. The van der Waals surface area contributed by atoms with Crippen molar-refractivity contribution in [2.45, 2.75) is 0 Å². The summed E-state index contributed by atoms with van der Waals surface area (Å²) in [5.41, 5.74) is 1.68. The van der Waals surface area contributed by atoms with E-state index in [1.165, 1.54) is 0 Å². The monoisotopic (exact) mass is 271 g/mol. The van der Waals surface area contributed by atoms with E-state index in [-0.39, 0.29) is 3.79 Å². The topological polar surface area (TPSA) is 32.9 Å². The molecule has 60 valence electrons. The molecule has 0 radical (unpaired) electrons. The van der Waals surface area contributed by atoms with Gasteiger partial charge in [-0.1, -0.05) is 18.2 Å². The molecule has 0 aliphatic heterocycles. The van der Waals surface area contributed by atoms with Crippen LogP contribution in [-0.4, -0.2) is 8.77 Å². The molecule has 1 N–H and O–H groups in total. The van der Waals surface area contributed by atoms with E-state index in [0.29, 0.717) is 5.69 Å². The van der Waals surface area contributed by atoms with Crippen molar-refractivity contribution in [3.05, 3.63) is 36.0 Å². The average molecular weight is 271 g/mol. The predicted molar refractivity (Wildman–Crippen MR) is 56.6 cm³/mol. The second-order valence-electron chi connectivity index (χ2n) is 2.54. The van der Waals surface area contributed by atoms with Crippen molar-refractivity contribution in [1.82, 2.24) is 4.98 Å². The van der Waals surface area contributed by atoms with Crippen LogP contribution >= 0.6 is 22.6 Å². The highest BCUT2D eigenvalue weighted by Crippen LogP contribution is 2.16. The minimum Gasteiger partial charge on any atom is -0.351 e. The molecule has 0 spiro atoms. The summed E-state index contributed by atoms with van der Waals surface area (Å²) in [5, 5.41) is 1.08. The van der Waals surface area contributed by atoms with Gasteiger partial charge in [0.1, 0.15) is 0 Å². The zero-order chi connectivity index (χ0) is 8.55. The fourth-order valence-electron chi connectivity index (χ4n) is 1.18. The number of para-hydroxylation sites is 1. The Hall–Kier alpha value is -0.840. The average Bonchev–Trinajstić information content (AvgIpc) is 2.46. The van der Waals surface area contributed by atoms with Crippen LogP contribution in [0.25, 0.3) is 10.9 Å². The molecule has 1 aromatic heterocycles. The third-order valence-corrected chi connectivity index (χ3v) is 2.32. The molecule has 1 heterocycles. The molecule has 2 nitrogen and oxygen atoms in total. The fourth-order valence-corrected chi connectivity index (χ4v) is 1.47. The van der Waals surface area contributed by atoms with Crippen LogP contribution in [0.2, 0.25) is 0 Å². The molecule has 3 heteroatoms. The lowest BCUT2D eigenvalue weighted by Gasteiger charge is -1.84. The summed E-state index contributed by atoms with van der Waals surface area (Å²) < 4.78 is 0.0452. The second-order valence-corrected chi connectivity index (χ2v) is 3.52. The fraction of sp³-hybridized carbons (Fsp3) is 0. The number of aromatic amines is 1. The summed E-state index contributed by atoms with van der Waals surface area (Å²) in [6.45, 7) is 0. The van der Waals surface area contributed by atoms with E-state index in [9.17, 15) is 4.79 Å². The van der Waals surface area contributed by atoms with Gasteiger partial charge in [0.05, 0.1) is 5.69 Å². The number of H-pyrrole nitrogens is 1. The van der Waals surface area contributed by atoms with Crippen LogP contribution in [-0.2, 0) is 0 Å². The highest BCUT2D eigenvalue weighted by atomic mass is 127. The van der Waals surface area contributed by atoms with Gasteiger partial charge in [-0.05, 0) is 12.1 Å². The number of carbonyl (C=O) groups is 1. The number of rotatable bonds is 1. The Bertz CT molecular complexity index is 400. The largest absolute Gasteiger partial charge is 0.351 e. The Labute approximate surface area is 83.1 Å². The van der Waals surface area contributed by atoms with Gasteiger partial charge in [-0.3, -0.25) is 4.79 Å². The van der Waals surface area contributed by atoms with Crippen LogP contribution in [0.3, 0.4) is 0 Å². The van der Waals surface area contributed by atoms with E-state index in [0.717, 1.165) is 10.9 Å². The summed E-state index contributed by atoms with van der Waals surface area (Å²) in [4.78, 5) is 14.0. The van der Waals surface area contributed by atoms with Gasteiger partial charge in [0.2, 0.25) is 3.79 Å². The van der Waals surface area contributed by atoms with E-state index >= 15 is 0 Å². The second kappa shape index (κ2) is 2.90. The third-order valence-electron chi connectivity index (χ3n) is 1.74. The SMILES string of the molecule is O=C(I)c1cc2ccccc2[nH]1. The van der Waals surface area contributed by atoms with Crippen LogP contribution in [0, 0.1) is 0 Å². The van der Waals surface area contributed by atoms with Crippen LogP contribution < -0.4 is 0 Å². The number of halogens is 1. The molecular weight excluding hydrogens is 265 g/mol. The van der Waals surface area contributed by atoms with Crippen LogP contribution in [0.1, 0.15) is 10.5 Å². The van der Waals surface area contributed by atoms with Crippen molar-refractivity contribution in [2.75, 3.05) is 0 Å². The quantitative estimate of drug-likeness (QED) is 0.627. The van der Waals surface area contributed by atoms with E-state index in [1.807, 2.05) is 30.3 Å². The van der Waals surface area contributed by atoms with Gasteiger partial charge in [-0.25, -0.2) is 0 Å².